The molecule has 0 aliphatic carbocycles. The predicted molar refractivity (Wildman–Crippen MR) is 121 cm³/mol. The number of hydrogen-bond acceptors (Lipinski definition) is 3. The summed E-state index contributed by atoms with van der Waals surface area (Å²) < 4.78 is 2.05. The summed E-state index contributed by atoms with van der Waals surface area (Å²) in [4.78, 5) is 21.9. The van der Waals surface area contributed by atoms with Gasteiger partial charge in [0, 0.05) is 52.0 Å². The monoisotopic (exact) mass is 496 g/mol. The number of rotatable bonds is 6. The molecule has 1 saturated heterocycles. The van der Waals surface area contributed by atoms with Crippen molar-refractivity contribution in [1.29, 1.82) is 0 Å². The van der Waals surface area contributed by atoms with Crippen molar-refractivity contribution in [3.8, 4) is 0 Å². The number of guanidine groups is 1. The van der Waals surface area contributed by atoms with Gasteiger partial charge < -0.3 is 20.5 Å². The highest BCUT2D eigenvalue weighted by Crippen LogP contribution is 2.19. The fraction of sp³-hybridized carbons (Fsp3) is 0.450. The second-order valence-corrected chi connectivity index (χ2v) is 7.08. The molecule has 1 fully saturated rings. The molecule has 3 rings (SSSR count). The molecule has 0 saturated carbocycles. The number of amides is 1. The van der Waals surface area contributed by atoms with E-state index in [1.54, 1.807) is 13.2 Å². The summed E-state index contributed by atoms with van der Waals surface area (Å²) in [5.41, 5.74) is 7.81. The van der Waals surface area contributed by atoms with Gasteiger partial charge in [-0.3, -0.25) is 9.79 Å². The average Bonchev–Trinajstić information content (AvgIpc) is 3.16. The number of nitrogens with two attached hydrogens (primary N) is 1. The first kappa shape index (κ1) is 22.2. The largest absolute Gasteiger partial charge is 0.370 e. The van der Waals surface area contributed by atoms with Crippen LogP contribution in [0.15, 0.2) is 48.0 Å². The highest BCUT2D eigenvalue weighted by atomic mass is 127. The van der Waals surface area contributed by atoms with Gasteiger partial charge in [0.2, 0.25) is 5.91 Å². The lowest BCUT2D eigenvalue weighted by molar-refractivity contribution is -0.119. The molecule has 7 nitrogen and oxygen atoms in total. The molecule has 0 radical (unpaired) electrons. The van der Waals surface area contributed by atoms with E-state index in [4.69, 9.17) is 5.73 Å². The topological polar surface area (TPSA) is 88.5 Å². The number of benzene rings is 1. The van der Waals surface area contributed by atoms with Gasteiger partial charge in [-0.1, -0.05) is 24.3 Å². The quantitative estimate of drug-likeness (QED) is 0.365. The zero-order valence-electron chi connectivity index (χ0n) is 16.3. The minimum atomic E-state index is -0.222. The summed E-state index contributed by atoms with van der Waals surface area (Å²) in [5.74, 6) is 0.976. The van der Waals surface area contributed by atoms with Crippen LogP contribution in [-0.2, 0) is 17.9 Å². The maximum atomic E-state index is 11.2. The standard InChI is InChI=1S/C20H28N6O.HI/c1-22-20(26-9-2-3-18(14-26)11-19(21)27)24-12-16-4-6-17(7-5-16)13-25-10-8-23-15-25;/h4-8,10,15,18H,2-3,9,11-14H2,1H3,(H2,21,27)(H,22,24);1H. The Morgan fingerprint density at radius 3 is 2.71 bits per heavy atom. The van der Waals surface area contributed by atoms with Gasteiger partial charge in [-0.25, -0.2) is 4.98 Å². The van der Waals surface area contributed by atoms with Crippen LogP contribution in [0.2, 0.25) is 0 Å². The van der Waals surface area contributed by atoms with Crippen LogP contribution in [-0.4, -0.2) is 46.5 Å². The van der Waals surface area contributed by atoms with Gasteiger partial charge in [0.05, 0.1) is 6.33 Å². The molecule has 2 aromatic rings. The number of halogens is 1. The fourth-order valence-corrected chi connectivity index (χ4v) is 3.58. The number of aliphatic imine (C=N–C) groups is 1. The maximum absolute atomic E-state index is 11.2. The van der Waals surface area contributed by atoms with E-state index in [9.17, 15) is 4.79 Å². The van der Waals surface area contributed by atoms with E-state index in [-0.39, 0.29) is 29.9 Å². The second-order valence-electron chi connectivity index (χ2n) is 7.08. The van der Waals surface area contributed by atoms with Gasteiger partial charge in [0.25, 0.3) is 0 Å². The summed E-state index contributed by atoms with van der Waals surface area (Å²) >= 11 is 0. The Balaban J connectivity index is 0.00000280. The zero-order chi connectivity index (χ0) is 19.1. The molecule has 2 heterocycles. The lowest BCUT2D eigenvalue weighted by atomic mass is 9.95. The van der Waals surface area contributed by atoms with Crippen LogP contribution in [0.25, 0.3) is 0 Å². The van der Waals surface area contributed by atoms with Crippen molar-refractivity contribution < 1.29 is 4.79 Å². The van der Waals surface area contributed by atoms with E-state index in [1.165, 1.54) is 11.1 Å². The molecular formula is C20H29IN6O. The fourth-order valence-electron chi connectivity index (χ4n) is 3.58. The molecule has 152 valence electrons. The first-order valence-corrected chi connectivity index (χ1v) is 9.41. The summed E-state index contributed by atoms with van der Waals surface area (Å²) in [6.45, 7) is 3.32. The third-order valence-electron chi connectivity index (χ3n) is 4.92. The number of carbonyl (C=O) groups excluding carboxylic acids is 1. The van der Waals surface area contributed by atoms with Gasteiger partial charge in [0.1, 0.15) is 0 Å². The second kappa shape index (κ2) is 11.0. The normalized spacial score (nSPS) is 17.1. The summed E-state index contributed by atoms with van der Waals surface area (Å²) in [6, 6.07) is 8.56. The lowest BCUT2D eigenvalue weighted by Gasteiger charge is -2.34. The maximum Gasteiger partial charge on any atom is 0.217 e. The van der Waals surface area contributed by atoms with Crippen LogP contribution in [0.5, 0.6) is 0 Å². The minimum Gasteiger partial charge on any atom is -0.370 e. The Hall–Kier alpha value is -2.10. The number of nitrogens with zero attached hydrogens (tertiary/aromatic N) is 4. The first-order valence-electron chi connectivity index (χ1n) is 9.41. The smallest absolute Gasteiger partial charge is 0.217 e. The molecule has 1 aromatic carbocycles. The minimum absolute atomic E-state index is 0. The number of primary amides is 1. The van der Waals surface area contributed by atoms with Crippen molar-refractivity contribution >= 4 is 35.8 Å². The van der Waals surface area contributed by atoms with Crippen molar-refractivity contribution in [2.45, 2.75) is 32.4 Å². The number of likely N-dealkylation sites (tertiary alicyclic amines) is 1. The van der Waals surface area contributed by atoms with Gasteiger partial charge >= 0.3 is 0 Å². The number of imidazole rings is 1. The first-order chi connectivity index (χ1) is 13.1. The van der Waals surface area contributed by atoms with E-state index in [0.29, 0.717) is 12.3 Å². The Kier molecular flexibility index (Phi) is 8.75. The molecule has 0 bridgehead atoms. The lowest BCUT2D eigenvalue weighted by Crippen LogP contribution is -2.46. The number of nitrogens with one attached hydrogen (secondary N) is 1. The molecular weight excluding hydrogens is 467 g/mol. The van der Waals surface area contributed by atoms with Crippen LogP contribution < -0.4 is 11.1 Å². The van der Waals surface area contributed by atoms with Crippen molar-refractivity contribution in [2.24, 2.45) is 16.6 Å². The Morgan fingerprint density at radius 2 is 2.07 bits per heavy atom. The van der Waals surface area contributed by atoms with Crippen molar-refractivity contribution in [3.63, 3.8) is 0 Å². The molecule has 1 aliphatic heterocycles. The van der Waals surface area contributed by atoms with Gasteiger partial charge in [-0.05, 0) is 29.9 Å². The van der Waals surface area contributed by atoms with Crippen LogP contribution in [0.1, 0.15) is 30.4 Å². The molecule has 1 aliphatic rings. The van der Waals surface area contributed by atoms with Gasteiger partial charge in [-0.15, -0.1) is 24.0 Å². The number of carbonyl (C=O) groups is 1. The highest BCUT2D eigenvalue weighted by Gasteiger charge is 2.23. The van der Waals surface area contributed by atoms with Crippen LogP contribution in [0.3, 0.4) is 0 Å². The van der Waals surface area contributed by atoms with Gasteiger partial charge in [-0.2, -0.15) is 0 Å². The van der Waals surface area contributed by atoms with E-state index in [0.717, 1.165) is 45.0 Å². The third-order valence-corrected chi connectivity index (χ3v) is 4.92. The van der Waals surface area contributed by atoms with Crippen LogP contribution in [0, 0.1) is 5.92 Å². The summed E-state index contributed by atoms with van der Waals surface area (Å²) in [7, 11) is 1.80. The SMILES string of the molecule is CN=C(NCc1ccc(Cn2ccnc2)cc1)N1CCCC(CC(N)=O)C1.I. The van der Waals surface area contributed by atoms with E-state index in [2.05, 4.69) is 44.5 Å². The third kappa shape index (κ3) is 6.50. The Bertz CT molecular complexity index is 760. The summed E-state index contributed by atoms with van der Waals surface area (Å²) in [6.07, 6.45) is 8.13. The van der Waals surface area contributed by atoms with Crippen molar-refractivity contribution in [3.05, 3.63) is 54.1 Å². The zero-order valence-corrected chi connectivity index (χ0v) is 18.6. The molecule has 0 spiro atoms. The number of hydrogen-bond donors (Lipinski definition) is 2. The Labute approximate surface area is 183 Å². The predicted octanol–water partition coefficient (Wildman–Crippen LogP) is 2.21. The number of piperidine rings is 1. The highest BCUT2D eigenvalue weighted by molar-refractivity contribution is 14.0. The van der Waals surface area contributed by atoms with Crippen LogP contribution in [0.4, 0.5) is 0 Å². The molecule has 1 amide bonds. The van der Waals surface area contributed by atoms with Crippen molar-refractivity contribution in [1.82, 2.24) is 19.8 Å². The number of aromatic nitrogens is 2. The molecule has 28 heavy (non-hydrogen) atoms. The van der Waals surface area contributed by atoms with E-state index >= 15 is 0 Å². The van der Waals surface area contributed by atoms with Gasteiger partial charge in [0.15, 0.2) is 5.96 Å². The van der Waals surface area contributed by atoms with E-state index < -0.39 is 0 Å². The Morgan fingerprint density at radius 1 is 1.32 bits per heavy atom. The molecule has 1 unspecified atom stereocenters. The van der Waals surface area contributed by atoms with E-state index in [1.807, 2.05) is 17.1 Å². The molecule has 1 aromatic heterocycles. The molecule has 3 N–H and O–H groups in total. The molecule has 8 heteroatoms. The van der Waals surface area contributed by atoms with Crippen molar-refractivity contribution in [2.75, 3.05) is 20.1 Å². The van der Waals surface area contributed by atoms with Crippen LogP contribution >= 0.6 is 24.0 Å². The summed E-state index contributed by atoms with van der Waals surface area (Å²) in [5, 5.41) is 3.44. The molecule has 1 atom stereocenters. The average molecular weight is 496 g/mol.